The van der Waals surface area contributed by atoms with Gasteiger partial charge >= 0.3 is 0 Å². The van der Waals surface area contributed by atoms with Crippen LogP contribution < -0.4 is 4.74 Å². The monoisotopic (exact) mass is 365 g/mol. The van der Waals surface area contributed by atoms with Crippen LogP contribution in [-0.4, -0.2) is 28.7 Å². The molecule has 2 fully saturated rings. The molecule has 2 atom stereocenters. The molecular formula is C23H24FNO2. The summed E-state index contributed by atoms with van der Waals surface area (Å²) in [5, 5.41) is 11.3. The Morgan fingerprint density at radius 2 is 1.89 bits per heavy atom. The van der Waals surface area contributed by atoms with E-state index in [0.29, 0.717) is 18.4 Å². The summed E-state index contributed by atoms with van der Waals surface area (Å²) in [5.41, 5.74) is 0.849. The van der Waals surface area contributed by atoms with Crippen molar-refractivity contribution in [2.24, 2.45) is 0 Å². The van der Waals surface area contributed by atoms with Crippen LogP contribution in [0, 0.1) is 18.2 Å². The van der Waals surface area contributed by atoms with Gasteiger partial charge in [0.1, 0.15) is 18.2 Å². The third kappa shape index (κ3) is 3.58. The summed E-state index contributed by atoms with van der Waals surface area (Å²) in [6.45, 7) is 1.03. The molecule has 0 unspecified atom stereocenters. The number of halogens is 1. The van der Waals surface area contributed by atoms with Gasteiger partial charge in [-0.1, -0.05) is 36.3 Å². The summed E-state index contributed by atoms with van der Waals surface area (Å²) in [7, 11) is 0. The molecule has 3 nitrogen and oxygen atoms in total. The lowest BCUT2D eigenvalue weighted by Gasteiger charge is -2.44. The maximum atomic E-state index is 13.7. The van der Waals surface area contributed by atoms with E-state index in [1.54, 1.807) is 6.07 Å². The van der Waals surface area contributed by atoms with E-state index in [0.717, 1.165) is 30.7 Å². The largest absolute Gasteiger partial charge is 0.481 e. The Labute approximate surface area is 159 Å². The van der Waals surface area contributed by atoms with Crippen molar-refractivity contribution in [1.29, 1.82) is 0 Å². The fourth-order valence-electron chi connectivity index (χ4n) is 4.68. The molecule has 2 aliphatic heterocycles. The first kappa shape index (κ1) is 18.0. The number of aliphatic hydroxyl groups is 1. The molecule has 2 bridgehead atoms. The lowest BCUT2D eigenvalue weighted by molar-refractivity contribution is -0.0598. The van der Waals surface area contributed by atoms with Gasteiger partial charge in [0.2, 0.25) is 0 Å². The number of terminal acetylenes is 1. The van der Waals surface area contributed by atoms with Gasteiger partial charge in [0.05, 0.1) is 5.60 Å². The molecule has 1 N–H and O–H groups in total. The van der Waals surface area contributed by atoms with E-state index in [9.17, 15) is 9.50 Å². The lowest BCUT2D eigenvalue weighted by atomic mass is 9.80. The summed E-state index contributed by atoms with van der Waals surface area (Å²) in [4.78, 5) is 2.46. The second-order valence-electron chi connectivity index (χ2n) is 7.61. The first-order chi connectivity index (χ1) is 13.1. The Hall–Kier alpha value is -2.35. The Bertz CT molecular complexity index is 845. The molecular weight excluding hydrogens is 341 g/mol. The number of benzene rings is 2. The summed E-state index contributed by atoms with van der Waals surface area (Å²) >= 11 is 0. The number of nitrogens with zero attached hydrogens (tertiary/aromatic N) is 1. The first-order valence-corrected chi connectivity index (χ1v) is 9.47. The van der Waals surface area contributed by atoms with Gasteiger partial charge in [-0.15, -0.1) is 6.42 Å². The van der Waals surface area contributed by atoms with Crippen LogP contribution in [0.15, 0.2) is 48.5 Å². The van der Waals surface area contributed by atoms with Gasteiger partial charge in [0, 0.05) is 24.2 Å². The molecule has 2 heterocycles. The lowest BCUT2D eigenvalue weighted by Crippen LogP contribution is -2.49. The van der Waals surface area contributed by atoms with Gasteiger partial charge in [-0.05, 0) is 49.4 Å². The van der Waals surface area contributed by atoms with Crippen LogP contribution in [0.2, 0.25) is 0 Å². The van der Waals surface area contributed by atoms with Crippen LogP contribution in [0.25, 0.3) is 0 Å². The number of piperidine rings is 1. The van der Waals surface area contributed by atoms with Gasteiger partial charge in [0.25, 0.3) is 0 Å². The van der Waals surface area contributed by atoms with Crippen LogP contribution in [0.4, 0.5) is 4.39 Å². The maximum absolute atomic E-state index is 13.7. The normalized spacial score (nSPS) is 27.3. The van der Waals surface area contributed by atoms with E-state index in [4.69, 9.17) is 11.2 Å². The highest BCUT2D eigenvalue weighted by Crippen LogP contribution is 2.46. The number of ether oxygens (including phenoxy) is 1. The van der Waals surface area contributed by atoms with E-state index in [2.05, 4.69) is 16.9 Å². The number of rotatable bonds is 5. The molecule has 27 heavy (non-hydrogen) atoms. The Morgan fingerprint density at radius 3 is 2.59 bits per heavy atom. The molecule has 4 heteroatoms. The van der Waals surface area contributed by atoms with Crippen molar-refractivity contribution < 1.29 is 14.2 Å². The zero-order valence-electron chi connectivity index (χ0n) is 15.3. The first-order valence-electron chi connectivity index (χ1n) is 9.47. The van der Waals surface area contributed by atoms with Crippen molar-refractivity contribution in [2.75, 3.05) is 6.61 Å². The van der Waals surface area contributed by atoms with Crippen molar-refractivity contribution in [3.8, 4) is 18.1 Å². The molecule has 0 spiro atoms. The molecule has 4 rings (SSSR count). The molecule has 2 saturated heterocycles. The number of hydrogen-bond donors (Lipinski definition) is 1. The van der Waals surface area contributed by atoms with Gasteiger partial charge in [-0.3, -0.25) is 4.90 Å². The fraction of sp³-hybridized carbons (Fsp3) is 0.391. The minimum Gasteiger partial charge on any atom is -0.481 e. The minimum atomic E-state index is -0.954. The Balaban J connectivity index is 1.53. The van der Waals surface area contributed by atoms with E-state index < -0.39 is 5.60 Å². The molecule has 0 amide bonds. The predicted molar refractivity (Wildman–Crippen MR) is 103 cm³/mol. The molecule has 140 valence electrons. The maximum Gasteiger partial charge on any atom is 0.148 e. The number of hydrogen-bond acceptors (Lipinski definition) is 3. The Morgan fingerprint density at radius 1 is 1.15 bits per heavy atom. The summed E-state index contributed by atoms with van der Waals surface area (Å²) < 4.78 is 19.4. The van der Waals surface area contributed by atoms with E-state index in [-0.39, 0.29) is 24.5 Å². The average molecular weight is 365 g/mol. The van der Waals surface area contributed by atoms with Gasteiger partial charge in [-0.25, -0.2) is 4.39 Å². The highest BCUT2D eigenvalue weighted by molar-refractivity contribution is 5.34. The van der Waals surface area contributed by atoms with Crippen LogP contribution in [0.3, 0.4) is 0 Å². The second kappa shape index (κ2) is 7.34. The SMILES string of the molecule is C#CCOc1ccccc1CN1[C@H]2CC[C@H]1CC(O)(c1cccc(F)c1)C2. The fourth-order valence-corrected chi connectivity index (χ4v) is 4.68. The van der Waals surface area contributed by atoms with Crippen LogP contribution in [-0.2, 0) is 12.1 Å². The number of para-hydroxylation sites is 1. The summed E-state index contributed by atoms with van der Waals surface area (Å²) in [6, 6.07) is 14.9. The highest BCUT2D eigenvalue weighted by Gasteiger charge is 2.48. The van der Waals surface area contributed by atoms with Crippen LogP contribution >= 0.6 is 0 Å². The van der Waals surface area contributed by atoms with E-state index in [1.807, 2.05) is 24.3 Å². The zero-order chi connectivity index (χ0) is 18.9. The standard InChI is InChI=1S/C23H24FNO2/c1-2-12-27-22-9-4-3-6-17(22)16-25-20-10-11-21(25)15-23(26,14-20)18-7-5-8-19(24)13-18/h1,3-9,13,20-21,26H,10-12,14-16H2/t20-,21-/m0/s1. The molecule has 0 radical (unpaired) electrons. The van der Waals surface area contributed by atoms with Crippen LogP contribution in [0.5, 0.6) is 5.75 Å². The summed E-state index contributed by atoms with van der Waals surface area (Å²) in [6.07, 6.45) is 8.67. The molecule has 2 aliphatic rings. The second-order valence-corrected chi connectivity index (χ2v) is 7.61. The van der Waals surface area contributed by atoms with Crippen molar-refractivity contribution in [1.82, 2.24) is 4.90 Å². The molecule has 0 saturated carbocycles. The third-order valence-corrected chi connectivity index (χ3v) is 5.92. The summed E-state index contributed by atoms with van der Waals surface area (Å²) in [5.74, 6) is 3.04. The number of fused-ring (bicyclic) bond motifs is 2. The quantitative estimate of drug-likeness (QED) is 0.817. The van der Waals surface area contributed by atoms with Crippen molar-refractivity contribution in [3.05, 3.63) is 65.5 Å². The highest BCUT2D eigenvalue weighted by atomic mass is 19.1. The van der Waals surface area contributed by atoms with E-state index in [1.165, 1.54) is 12.1 Å². The molecule has 2 aromatic carbocycles. The Kier molecular flexibility index (Phi) is 4.90. The molecule has 2 aromatic rings. The predicted octanol–water partition coefficient (Wildman–Crippen LogP) is 3.85. The topological polar surface area (TPSA) is 32.7 Å². The zero-order valence-corrected chi connectivity index (χ0v) is 15.3. The van der Waals surface area contributed by atoms with Crippen molar-refractivity contribution in [2.45, 2.75) is 49.9 Å². The van der Waals surface area contributed by atoms with E-state index >= 15 is 0 Å². The molecule has 0 aromatic heterocycles. The van der Waals surface area contributed by atoms with Gasteiger partial charge < -0.3 is 9.84 Å². The smallest absolute Gasteiger partial charge is 0.148 e. The minimum absolute atomic E-state index is 0.253. The third-order valence-electron chi connectivity index (χ3n) is 5.92. The van der Waals surface area contributed by atoms with Gasteiger partial charge in [-0.2, -0.15) is 0 Å². The van der Waals surface area contributed by atoms with Gasteiger partial charge in [0.15, 0.2) is 0 Å². The molecule has 0 aliphatic carbocycles. The van der Waals surface area contributed by atoms with Crippen LogP contribution in [0.1, 0.15) is 36.8 Å². The average Bonchev–Trinajstić information content (AvgIpc) is 2.91. The van der Waals surface area contributed by atoms with Crippen molar-refractivity contribution >= 4 is 0 Å². The van der Waals surface area contributed by atoms with Crippen molar-refractivity contribution in [3.63, 3.8) is 0 Å².